The van der Waals surface area contributed by atoms with Gasteiger partial charge in [-0.3, -0.25) is 9.89 Å². The maximum Gasteiger partial charge on any atom is 0.269 e. The molecule has 3 N–H and O–H groups in total. The molecule has 2 aromatic heterocycles. The second-order valence-electron chi connectivity index (χ2n) is 5.19. The first-order valence-electron chi connectivity index (χ1n) is 6.85. The normalized spacial score (nSPS) is 12.8. The predicted octanol–water partition coefficient (Wildman–Crippen LogP) is 1.60. The number of aromatic amines is 1. The molecule has 0 radical (unpaired) electrons. The Bertz CT molecular complexity index is 895. The van der Waals surface area contributed by atoms with Crippen LogP contribution in [0.1, 0.15) is 21.7 Å². The molecular formula is C15H12FN5O. The summed E-state index contributed by atoms with van der Waals surface area (Å²) in [6, 6.07) is 6.06. The van der Waals surface area contributed by atoms with Gasteiger partial charge in [0.1, 0.15) is 5.82 Å². The zero-order chi connectivity index (χ0) is 15.3. The van der Waals surface area contributed by atoms with E-state index < -0.39 is 5.91 Å². The molecule has 6 nitrogen and oxygen atoms in total. The van der Waals surface area contributed by atoms with Crippen molar-refractivity contribution in [3.63, 3.8) is 0 Å². The fourth-order valence-corrected chi connectivity index (χ4v) is 2.91. The van der Waals surface area contributed by atoms with Crippen molar-refractivity contribution in [2.75, 3.05) is 0 Å². The number of halogens is 1. The first-order chi connectivity index (χ1) is 10.6. The van der Waals surface area contributed by atoms with Gasteiger partial charge in [0, 0.05) is 16.8 Å². The van der Waals surface area contributed by atoms with Gasteiger partial charge in [-0.1, -0.05) is 6.07 Å². The second kappa shape index (κ2) is 4.52. The molecule has 0 atom stereocenters. The van der Waals surface area contributed by atoms with Crippen LogP contribution in [0.2, 0.25) is 0 Å². The molecular weight excluding hydrogens is 285 g/mol. The van der Waals surface area contributed by atoms with Crippen LogP contribution in [0.25, 0.3) is 16.9 Å². The highest BCUT2D eigenvalue weighted by Crippen LogP contribution is 2.35. The smallest absolute Gasteiger partial charge is 0.269 e. The number of rotatable bonds is 2. The average molecular weight is 297 g/mol. The van der Waals surface area contributed by atoms with Crippen LogP contribution in [-0.4, -0.2) is 25.9 Å². The minimum Gasteiger partial charge on any atom is -0.364 e. The number of aryl methyl sites for hydroxylation is 1. The summed E-state index contributed by atoms with van der Waals surface area (Å²) in [5.41, 5.74) is 9.58. The summed E-state index contributed by atoms with van der Waals surface area (Å²) in [6.45, 7) is 0. The van der Waals surface area contributed by atoms with Gasteiger partial charge in [0.05, 0.1) is 17.6 Å². The molecule has 0 spiro atoms. The van der Waals surface area contributed by atoms with Crippen LogP contribution < -0.4 is 5.73 Å². The highest BCUT2D eigenvalue weighted by Gasteiger charge is 2.29. The standard InChI is InChI=1S/C15H12FN5O/c16-8-2-1-3-9(6-8)21-14-10(13(20-21)15(17)22)4-5-12-11(14)7-18-19-12/h1-3,6-7H,4-5H2,(H2,17,22)(H,18,19). The van der Waals surface area contributed by atoms with Gasteiger partial charge in [0.15, 0.2) is 5.69 Å². The van der Waals surface area contributed by atoms with E-state index in [2.05, 4.69) is 15.3 Å². The number of aromatic nitrogens is 4. The van der Waals surface area contributed by atoms with Gasteiger partial charge in [-0.15, -0.1) is 0 Å². The number of hydrogen-bond acceptors (Lipinski definition) is 3. The van der Waals surface area contributed by atoms with Gasteiger partial charge < -0.3 is 5.73 Å². The zero-order valence-corrected chi connectivity index (χ0v) is 11.5. The molecule has 22 heavy (non-hydrogen) atoms. The molecule has 3 aromatic rings. The Morgan fingerprint density at radius 1 is 1.36 bits per heavy atom. The highest BCUT2D eigenvalue weighted by molar-refractivity contribution is 5.95. The van der Waals surface area contributed by atoms with Gasteiger partial charge >= 0.3 is 0 Å². The fraction of sp³-hybridized carbons (Fsp3) is 0.133. The SMILES string of the molecule is NC(=O)c1nn(-c2cccc(F)c2)c2c1CCc1[nH]ncc1-2. The van der Waals surface area contributed by atoms with E-state index in [0.29, 0.717) is 12.1 Å². The van der Waals surface area contributed by atoms with Crippen molar-refractivity contribution in [3.05, 3.63) is 53.2 Å². The Hall–Kier alpha value is -2.96. The second-order valence-corrected chi connectivity index (χ2v) is 5.19. The van der Waals surface area contributed by atoms with E-state index >= 15 is 0 Å². The van der Waals surface area contributed by atoms with Crippen LogP contribution in [0.5, 0.6) is 0 Å². The van der Waals surface area contributed by atoms with Gasteiger partial charge in [0.25, 0.3) is 5.91 Å². The molecule has 2 heterocycles. The van der Waals surface area contributed by atoms with Crippen LogP contribution in [0.15, 0.2) is 30.5 Å². The lowest BCUT2D eigenvalue weighted by Gasteiger charge is -2.14. The molecule has 0 unspecified atom stereocenters. The minimum absolute atomic E-state index is 0.228. The lowest BCUT2D eigenvalue weighted by Crippen LogP contribution is -2.15. The first kappa shape index (κ1) is 12.8. The number of amides is 1. The zero-order valence-electron chi connectivity index (χ0n) is 11.5. The molecule has 110 valence electrons. The van der Waals surface area contributed by atoms with Crippen LogP contribution in [0, 0.1) is 5.82 Å². The summed E-state index contributed by atoms with van der Waals surface area (Å²) < 4.78 is 15.1. The van der Waals surface area contributed by atoms with Crippen molar-refractivity contribution in [1.29, 1.82) is 0 Å². The number of nitrogens with zero attached hydrogens (tertiary/aromatic N) is 3. The number of primary amides is 1. The van der Waals surface area contributed by atoms with E-state index in [-0.39, 0.29) is 11.5 Å². The van der Waals surface area contributed by atoms with Gasteiger partial charge in [-0.2, -0.15) is 10.2 Å². The third-order valence-corrected chi connectivity index (χ3v) is 3.87. The van der Waals surface area contributed by atoms with E-state index in [1.54, 1.807) is 23.0 Å². The van der Waals surface area contributed by atoms with Crippen LogP contribution >= 0.6 is 0 Å². The molecule has 0 saturated carbocycles. The molecule has 1 aliphatic rings. The van der Waals surface area contributed by atoms with Crippen molar-refractivity contribution in [2.45, 2.75) is 12.8 Å². The van der Waals surface area contributed by atoms with Crippen molar-refractivity contribution < 1.29 is 9.18 Å². The molecule has 0 bridgehead atoms. The summed E-state index contributed by atoms with van der Waals surface area (Å²) in [5.74, 6) is -0.955. The molecule has 1 amide bonds. The summed E-state index contributed by atoms with van der Waals surface area (Å²) in [6.07, 6.45) is 3.06. The van der Waals surface area contributed by atoms with Crippen LogP contribution in [-0.2, 0) is 12.8 Å². The fourth-order valence-electron chi connectivity index (χ4n) is 2.91. The molecule has 7 heteroatoms. The van der Waals surface area contributed by atoms with E-state index in [4.69, 9.17) is 5.73 Å². The van der Waals surface area contributed by atoms with Gasteiger partial charge in [-0.05, 0) is 31.0 Å². The average Bonchev–Trinajstić information content (AvgIpc) is 3.10. The van der Waals surface area contributed by atoms with Crippen molar-refractivity contribution in [3.8, 4) is 16.9 Å². The Morgan fingerprint density at radius 2 is 2.23 bits per heavy atom. The lowest BCUT2D eigenvalue weighted by atomic mass is 9.93. The molecule has 1 aromatic carbocycles. The summed E-state index contributed by atoms with van der Waals surface area (Å²) in [7, 11) is 0. The van der Waals surface area contributed by atoms with Gasteiger partial charge in [0.2, 0.25) is 0 Å². The largest absolute Gasteiger partial charge is 0.364 e. The third-order valence-electron chi connectivity index (χ3n) is 3.87. The molecule has 1 aliphatic carbocycles. The molecule has 0 aliphatic heterocycles. The molecule has 0 saturated heterocycles. The lowest BCUT2D eigenvalue weighted by molar-refractivity contribution is 0.0994. The number of carbonyl (C=O) groups is 1. The van der Waals surface area contributed by atoms with Crippen LogP contribution in [0.3, 0.4) is 0 Å². The number of fused-ring (bicyclic) bond motifs is 3. The number of nitrogens with two attached hydrogens (primary N) is 1. The van der Waals surface area contributed by atoms with E-state index in [1.807, 2.05) is 0 Å². The van der Waals surface area contributed by atoms with Crippen LogP contribution in [0.4, 0.5) is 4.39 Å². The Morgan fingerprint density at radius 3 is 3.00 bits per heavy atom. The minimum atomic E-state index is -0.585. The number of benzene rings is 1. The highest BCUT2D eigenvalue weighted by atomic mass is 19.1. The van der Waals surface area contributed by atoms with Crippen molar-refractivity contribution in [1.82, 2.24) is 20.0 Å². The summed E-state index contributed by atoms with van der Waals surface area (Å²) >= 11 is 0. The van der Waals surface area contributed by atoms with E-state index in [9.17, 15) is 9.18 Å². The predicted molar refractivity (Wildman–Crippen MR) is 77.0 cm³/mol. The quantitative estimate of drug-likeness (QED) is 0.753. The molecule has 0 fully saturated rings. The monoisotopic (exact) mass is 297 g/mol. The third kappa shape index (κ3) is 1.75. The summed E-state index contributed by atoms with van der Waals surface area (Å²) in [5, 5.41) is 11.3. The Balaban J connectivity index is 2.03. The summed E-state index contributed by atoms with van der Waals surface area (Å²) in [4.78, 5) is 11.7. The number of nitrogens with one attached hydrogen (secondary N) is 1. The first-order valence-corrected chi connectivity index (χ1v) is 6.85. The Kier molecular flexibility index (Phi) is 2.62. The maximum absolute atomic E-state index is 13.5. The van der Waals surface area contributed by atoms with E-state index in [1.165, 1.54) is 12.1 Å². The van der Waals surface area contributed by atoms with E-state index in [0.717, 1.165) is 28.9 Å². The number of carbonyl (C=O) groups excluding carboxylic acids is 1. The van der Waals surface area contributed by atoms with Gasteiger partial charge in [-0.25, -0.2) is 9.07 Å². The Labute approximate surface area is 124 Å². The van der Waals surface area contributed by atoms with Crippen molar-refractivity contribution >= 4 is 5.91 Å². The number of hydrogen-bond donors (Lipinski definition) is 2. The number of H-pyrrole nitrogens is 1. The molecule has 4 rings (SSSR count). The topological polar surface area (TPSA) is 89.6 Å². The maximum atomic E-state index is 13.5. The van der Waals surface area contributed by atoms with Crippen molar-refractivity contribution in [2.24, 2.45) is 5.73 Å².